The molecule has 0 N–H and O–H groups in total. The van der Waals surface area contributed by atoms with E-state index in [2.05, 4.69) is 0 Å². The summed E-state index contributed by atoms with van der Waals surface area (Å²) in [7, 11) is 7.85. The highest BCUT2D eigenvalue weighted by atomic mass is 19.2. The van der Waals surface area contributed by atoms with Gasteiger partial charge in [0.15, 0.2) is 11.6 Å². The summed E-state index contributed by atoms with van der Waals surface area (Å²) in [5, 5.41) is 0. The van der Waals surface area contributed by atoms with E-state index in [9.17, 15) is 13.6 Å². The van der Waals surface area contributed by atoms with E-state index in [1.165, 1.54) is 12.1 Å². The number of halogens is 2. The van der Waals surface area contributed by atoms with Crippen LogP contribution < -0.4 is 0 Å². The molecular formula is C17H27F2N3O. The van der Waals surface area contributed by atoms with Gasteiger partial charge < -0.3 is 14.7 Å². The summed E-state index contributed by atoms with van der Waals surface area (Å²) in [6.07, 6.45) is 1.58. The molecule has 0 bridgehead atoms. The minimum Gasteiger partial charge on any atom is -0.338 e. The molecule has 0 fully saturated rings. The van der Waals surface area contributed by atoms with Gasteiger partial charge in [-0.25, -0.2) is 8.78 Å². The minimum atomic E-state index is -1.07. The molecule has 0 atom stereocenters. The van der Waals surface area contributed by atoms with Crippen molar-refractivity contribution in [2.75, 3.05) is 54.4 Å². The lowest BCUT2D eigenvalue weighted by Gasteiger charge is -2.24. The molecule has 1 amide bonds. The van der Waals surface area contributed by atoms with E-state index < -0.39 is 17.5 Å². The van der Waals surface area contributed by atoms with Gasteiger partial charge in [0.1, 0.15) is 0 Å². The highest BCUT2D eigenvalue weighted by molar-refractivity contribution is 5.94. The van der Waals surface area contributed by atoms with Gasteiger partial charge in [0.2, 0.25) is 0 Å². The SMILES string of the molecule is CN(C)CCCN(CCCN(C)C)C(=O)c1cccc(F)c1F. The van der Waals surface area contributed by atoms with Crippen molar-refractivity contribution < 1.29 is 13.6 Å². The zero-order valence-electron chi connectivity index (χ0n) is 14.5. The van der Waals surface area contributed by atoms with Crippen LogP contribution in [0.1, 0.15) is 23.2 Å². The average Bonchev–Trinajstić information content (AvgIpc) is 2.47. The van der Waals surface area contributed by atoms with Crippen molar-refractivity contribution in [2.45, 2.75) is 12.8 Å². The quantitative estimate of drug-likeness (QED) is 0.696. The van der Waals surface area contributed by atoms with E-state index >= 15 is 0 Å². The van der Waals surface area contributed by atoms with Gasteiger partial charge >= 0.3 is 0 Å². The number of benzene rings is 1. The monoisotopic (exact) mass is 327 g/mol. The molecule has 0 saturated heterocycles. The number of carbonyl (C=O) groups excluding carboxylic acids is 1. The molecule has 23 heavy (non-hydrogen) atoms. The fourth-order valence-electron chi connectivity index (χ4n) is 2.31. The first kappa shape index (κ1) is 19.5. The highest BCUT2D eigenvalue weighted by Gasteiger charge is 2.20. The summed E-state index contributed by atoms with van der Waals surface area (Å²) in [4.78, 5) is 18.2. The predicted octanol–water partition coefficient (Wildman–Crippen LogP) is 2.31. The zero-order valence-corrected chi connectivity index (χ0v) is 14.5. The van der Waals surface area contributed by atoms with Gasteiger partial charge in [0, 0.05) is 13.1 Å². The van der Waals surface area contributed by atoms with Crippen molar-refractivity contribution in [3.05, 3.63) is 35.4 Å². The summed E-state index contributed by atoms with van der Waals surface area (Å²) >= 11 is 0. The highest BCUT2D eigenvalue weighted by Crippen LogP contribution is 2.14. The van der Waals surface area contributed by atoms with Crippen LogP contribution in [0.25, 0.3) is 0 Å². The van der Waals surface area contributed by atoms with Gasteiger partial charge in [0.05, 0.1) is 5.56 Å². The van der Waals surface area contributed by atoms with E-state index in [-0.39, 0.29) is 5.56 Å². The number of rotatable bonds is 9. The molecule has 1 aromatic carbocycles. The third-order valence-corrected chi connectivity index (χ3v) is 3.54. The Morgan fingerprint density at radius 2 is 1.43 bits per heavy atom. The van der Waals surface area contributed by atoms with Crippen LogP contribution in [0.4, 0.5) is 8.78 Å². The third kappa shape index (κ3) is 6.62. The van der Waals surface area contributed by atoms with E-state index in [0.29, 0.717) is 13.1 Å². The summed E-state index contributed by atoms with van der Waals surface area (Å²) in [5.74, 6) is -2.50. The van der Waals surface area contributed by atoms with Crippen LogP contribution in [-0.2, 0) is 0 Å². The molecule has 0 heterocycles. The molecule has 0 aliphatic carbocycles. The Morgan fingerprint density at radius 1 is 0.913 bits per heavy atom. The van der Waals surface area contributed by atoms with Gasteiger partial charge in [0.25, 0.3) is 5.91 Å². The Balaban J connectivity index is 2.79. The molecular weight excluding hydrogens is 300 g/mol. The largest absolute Gasteiger partial charge is 0.338 e. The molecule has 0 unspecified atom stereocenters. The first-order chi connectivity index (χ1) is 10.8. The summed E-state index contributed by atoms with van der Waals surface area (Å²) in [6.45, 7) is 2.73. The molecule has 1 aromatic rings. The summed E-state index contributed by atoms with van der Waals surface area (Å²) < 4.78 is 27.2. The molecule has 0 aliphatic rings. The van der Waals surface area contributed by atoms with Gasteiger partial charge in [-0.3, -0.25) is 4.79 Å². The first-order valence-corrected chi connectivity index (χ1v) is 7.85. The molecule has 6 heteroatoms. The van der Waals surface area contributed by atoms with Crippen molar-refractivity contribution >= 4 is 5.91 Å². The summed E-state index contributed by atoms with van der Waals surface area (Å²) in [6, 6.07) is 3.73. The Bertz CT molecular complexity index is 493. The molecule has 0 saturated carbocycles. The number of amides is 1. The lowest BCUT2D eigenvalue weighted by atomic mass is 10.1. The maximum Gasteiger partial charge on any atom is 0.256 e. The fraction of sp³-hybridized carbons (Fsp3) is 0.588. The second-order valence-corrected chi connectivity index (χ2v) is 6.21. The molecule has 0 aliphatic heterocycles. The number of carbonyl (C=O) groups is 1. The Kier molecular flexibility index (Phi) is 8.12. The molecule has 0 aromatic heterocycles. The van der Waals surface area contributed by atoms with Gasteiger partial charge in [-0.15, -0.1) is 0 Å². The maximum absolute atomic E-state index is 13.9. The zero-order chi connectivity index (χ0) is 17.4. The van der Waals surface area contributed by atoms with Gasteiger partial charge in [-0.2, -0.15) is 0 Å². The molecule has 1 rings (SSSR count). The second-order valence-electron chi connectivity index (χ2n) is 6.21. The normalized spacial score (nSPS) is 11.3. The van der Waals surface area contributed by atoms with E-state index in [1.807, 2.05) is 38.0 Å². The molecule has 130 valence electrons. The maximum atomic E-state index is 13.9. The van der Waals surface area contributed by atoms with E-state index in [4.69, 9.17) is 0 Å². The van der Waals surface area contributed by atoms with Crippen LogP contribution in [0.15, 0.2) is 18.2 Å². The van der Waals surface area contributed by atoms with Crippen molar-refractivity contribution in [2.24, 2.45) is 0 Å². The van der Waals surface area contributed by atoms with Crippen LogP contribution in [0.2, 0.25) is 0 Å². The third-order valence-electron chi connectivity index (χ3n) is 3.54. The van der Waals surface area contributed by atoms with Crippen LogP contribution in [0, 0.1) is 11.6 Å². The van der Waals surface area contributed by atoms with Crippen molar-refractivity contribution in [3.8, 4) is 0 Å². The Hall–Kier alpha value is -1.53. The fourth-order valence-corrected chi connectivity index (χ4v) is 2.31. The molecule has 0 radical (unpaired) electrons. The standard InChI is InChI=1S/C17H27F2N3O/c1-20(2)10-6-12-22(13-7-11-21(3)4)17(23)14-8-5-9-15(18)16(14)19/h5,8-9H,6-7,10-13H2,1-4H3. The lowest BCUT2D eigenvalue weighted by Crippen LogP contribution is -2.36. The topological polar surface area (TPSA) is 26.8 Å². The van der Waals surface area contributed by atoms with Crippen molar-refractivity contribution in [1.29, 1.82) is 0 Å². The van der Waals surface area contributed by atoms with Crippen LogP contribution in [-0.4, -0.2) is 75.0 Å². The smallest absolute Gasteiger partial charge is 0.256 e. The van der Waals surface area contributed by atoms with Crippen LogP contribution in [0.5, 0.6) is 0 Å². The molecule has 4 nitrogen and oxygen atoms in total. The van der Waals surface area contributed by atoms with Crippen molar-refractivity contribution in [1.82, 2.24) is 14.7 Å². The van der Waals surface area contributed by atoms with Crippen LogP contribution in [0.3, 0.4) is 0 Å². The van der Waals surface area contributed by atoms with E-state index in [0.717, 1.165) is 32.0 Å². The van der Waals surface area contributed by atoms with Gasteiger partial charge in [-0.05, 0) is 66.3 Å². The predicted molar refractivity (Wildman–Crippen MR) is 88.6 cm³/mol. The summed E-state index contributed by atoms with van der Waals surface area (Å²) in [5.41, 5.74) is -0.195. The average molecular weight is 327 g/mol. The number of hydrogen-bond acceptors (Lipinski definition) is 3. The lowest BCUT2D eigenvalue weighted by molar-refractivity contribution is 0.0739. The van der Waals surface area contributed by atoms with E-state index in [1.54, 1.807) is 4.90 Å². The first-order valence-electron chi connectivity index (χ1n) is 7.85. The Morgan fingerprint density at radius 3 is 1.91 bits per heavy atom. The number of nitrogens with zero attached hydrogens (tertiary/aromatic N) is 3. The van der Waals surface area contributed by atoms with Crippen LogP contribution >= 0.6 is 0 Å². The number of hydrogen-bond donors (Lipinski definition) is 0. The van der Waals surface area contributed by atoms with Crippen molar-refractivity contribution in [3.63, 3.8) is 0 Å². The van der Waals surface area contributed by atoms with Gasteiger partial charge in [-0.1, -0.05) is 6.07 Å². The second kappa shape index (κ2) is 9.57. The Labute approximate surface area is 137 Å². The molecule has 0 spiro atoms. The minimum absolute atomic E-state index is 0.195.